The molecule has 0 aliphatic heterocycles. The van der Waals surface area contributed by atoms with Crippen LogP contribution in [0.3, 0.4) is 0 Å². The van der Waals surface area contributed by atoms with Gasteiger partial charge in [0.15, 0.2) is 0 Å². The summed E-state index contributed by atoms with van der Waals surface area (Å²) >= 11 is 0. The van der Waals surface area contributed by atoms with Gasteiger partial charge in [-0.05, 0) is 30.5 Å². The maximum absolute atomic E-state index is 11.6. The first kappa shape index (κ1) is 12.4. The lowest BCUT2D eigenvalue weighted by Crippen LogP contribution is -2.34. The average molecular weight is 246 g/mol. The lowest BCUT2D eigenvalue weighted by molar-refractivity contribution is 0.217. The van der Waals surface area contributed by atoms with E-state index in [1.807, 2.05) is 13.8 Å². The second-order valence-corrected chi connectivity index (χ2v) is 4.67. The Morgan fingerprint density at radius 3 is 2.78 bits per heavy atom. The Kier molecular flexibility index (Phi) is 3.23. The molecule has 96 valence electrons. The number of hydrogen-bond donors (Lipinski definition) is 2. The molecular formula is C13H18N4O. The van der Waals surface area contributed by atoms with Crippen LogP contribution in [-0.4, -0.2) is 35.0 Å². The Labute approximate surface area is 106 Å². The van der Waals surface area contributed by atoms with Gasteiger partial charge < -0.3 is 15.2 Å². The van der Waals surface area contributed by atoms with Crippen molar-refractivity contribution in [3.05, 3.63) is 29.1 Å². The Hall–Kier alpha value is -2.04. The number of aromatic nitrogens is 2. The average Bonchev–Trinajstić information content (AvgIpc) is 2.77. The van der Waals surface area contributed by atoms with Gasteiger partial charge >= 0.3 is 6.03 Å². The van der Waals surface area contributed by atoms with Gasteiger partial charge in [0, 0.05) is 20.6 Å². The van der Waals surface area contributed by atoms with Gasteiger partial charge in [-0.2, -0.15) is 0 Å². The monoisotopic (exact) mass is 246 g/mol. The van der Waals surface area contributed by atoms with Crippen molar-refractivity contribution in [1.29, 1.82) is 0 Å². The van der Waals surface area contributed by atoms with Crippen molar-refractivity contribution in [3.63, 3.8) is 0 Å². The minimum atomic E-state index is -0.0948. The molecule has 18 heavy (non-hydrogen) atoms. The summed E-state index contributed by atoms with van der Waals surface area (Å²) in [5.41, 5.74) is 5.36. The highest BCUT2D eigenvalue weighted by molar-refractivity contribution is 5.83. The molecule has 0 fully saturated rings. The fourth-order valence-electron chi connectivity index (χ4n) is 2.05. The summed E-state index contributed by atoms with van der Waals surface area (Å²) in [6.07, 6.45) is 1.69. The zero-order valence-electron chi connectivity index (χ0n) is 11.2. The summed E-state index contributed by atoms with van der Waals surface area (Å²) in [5, 5.41) is 2.88. The number of rotatable bonds is 2. The number of aryl methyl sites for hydroxylation is 2. The number of amides is 2. The maximum atomic E-state index is 11.6. The van der Waals surface area contributed by atoms with Crippen molar-refractivity contribution in [1.82, 2.24) is 20.2 Å². The predicted molar refractivity (Wildman–Crippen MR) is 71.5 cm³/mol. The molecule has 1 aromatic heterocycles. The number of urea groups is 1. The summed E-state index contributed by atoms with van der Waals surface area (Å²) in [6, 6.07) is 2.00. The van der Waals surface area contributed by atoms with E-state index >= 15 is 0 Å². The van der Waals surface area contributed by atoms with Crippen molar-refractivity contribution >= 4 is 17.1 Å². The second-order valence-electron chi connectivity index (χ2n) is 4.67. The minimum absolute atomic E-state index is 0.0948. The molecule has 0 unspecified atom stereocenters. The van der Waals surface area contributed by atoms with E-state index in [4.69, 9.17) is 0 Å². The topological polar surface area (TPSA) is 61.0 Å². The highest BCUT2D eigenvalue weighted by atomic mass is 16.2. The van der Waals surface area contributed by atoms with Crippen LogP contribution in [0.15, 0.2) is 12.4 Å². The van der Waals surface area contributed by atoms with Gasteiger partial charge in [-0.15, -0.1) is 0 Å². The van der Waals surface area contributed by atoms with Crippen LogP contribution in [0.4, 0.5) is 4.79 Å². The number of nitrogens with zero attached hydrogens (tertiary/aromatic N) is 2. The predicted octanol–water partition coefficient (Wildman–Crippen LogP) is 1.95. The van der Waals surface area contributed by atoms with Crippen LogP contribution in [0, 0.1) is 13.8 Å². The van der Waals surface area contributed by atoms with Gasteiger partial charge in [0.25, 0.3) is 0 Å². The normalized spacial score (nSPS) is 10.7. The van der Waals surface area contributed by atoms with Crippen LogP contribution in [0.1, 0.15) is 16.7 Å². The molecule has 5 heteroatoms. The van der Waals surface area contributed by atoms with Crippen molar-refractivity contribution in [3.8, 4) is 0 Å². The van der Waals surface area contributed by atoms with Crippen LogP contribution in [0.25, 0.3) is 11.0 Å². The zero-order chi connectivity index (χ0) is 13.3. The van der Waals surface area contributed by atoms with Crippen molar-refractivity contribution < 1.29 is 4.79 Å². The van der Waals surface area contributed by atoms with E-state index in [1.165, 1.54) is 4.90 Å². The van der Waals surface area contributed by atoms with E-state index in [1.54, 1.807) is 20.4 Å². The standard InChI is InChI=1S/C13H18N4O/c1-8-5-9(2)11-12(16-7-15-11)10(8)6-14-13(18)17(3)4/h5,7H,6H2,1-4H3,(H,14,18)(H,15,16). The Morgan fingerprint density at radius 1 is 1.39 bits per heavy atom. The highest BCUT2D eigenvalue weighted by Gasteiger charge is 2.11. The quantitative estimate of drug-likeness (QED) is 0.850. The molecular weight excluding hydrogens is 228 g/mol. The Balaban J connectivity index is 2.33. The smallest absolute Gasteiger partial charge is 0.317 e. The minimum Gasteiger partial charge on any atom is -0.344 e. The molecule has 0 atom stereocenters. The first-order valence-corrected chi connectivity index (χ1v) is 5.88. The number of fused-ring (bicyclic) bond motifs is 1. The van der Waals surface area contributed by atoms with Crippen LogP contribution < -0.4 is 5.32 Å². The van der Waals surface area contributed by atoms with Gasteiger partial charge in [0.2, 0.25) is 0 Å². The number of nitrogens with one attached hydrogen (secondary N) is 2. The molecule has 2 rings (SSSR count). The van der Waals surface area contributed by atoms with Gasteiger partial charge in [-0.1, -0.05) is 6.07 Å². The maximum Gasteiger partial charge on any atom is 0.317 e. The molecule has 0 saturated carbocycles. The molecule has 0 aliphatic rings. The molecule has 0 radical (unpaired) electrons. The Morgan fingerprint density at radius 2 is 2.11 bits per heavy atom. The summed E-state index contributed by atoms with van der Waals surface area (Å²) in [7, 11) is 3.45. The molecule has 0 spiro atoms. The van der Waals surface area contributed by atoms with Gasteiger partial charge in [-0.25, -0.2) is 9.78 Å². The molecule has 0 aliphatic carbocycles. The lowest BCUT2D eigenvalue weighted by Gasteiger charge is -2.14. The van der Waals surface area contributed by atoms with Crippen LogP contribution in [0.2, 0.25) is 0 Å². The summed E-state index contributed by atoms with van der Waals surface area (Å²) < 4.78 is 0. The first-order chi connectivity index (χ1) is 8.50. The molecule has 0 saturated heterocycles. The number of carbonyl (C=O) groups excluding carboxylic acids is 1. The van der Waals surface area contributed by atoms with E-state index in [9.17, 15) is 4.79 Å². The third-order valence-electron chi connectivity index (χ3n) is 3.05. The van der Waals surface area contributed by atoms with E-state index in [0.29, 0.717) is 6.54 Å². The van der Waals surface area contributed by atoms with E-state index in [0.717, 1.165) is 27.7 Å². The third kappa shape index (κ3) is 2.16. The van der Waals surface area contributed by atoms with E-state index < -0.39 is 0 Å². The first-order valence-electron chi connectivity index (χ1n) is 5.88. The number of H-pyrrole nitrogens is 1. The fraction of sp³-hybridized carbons (Fsp3) is 0.385. The van der Waals surface area contributed by atoms with Crippen LogP contribution in [0.5, 0.6) is 0 Å². The second kappa shape index (κ2) is 4.68. The Bertz CT molecular complexity index is 586. The van der Waals surface area contributed by atoms with E-state index in [-0.39, 0.29) is 6.03 Å². The van der Waals surface area contributed by atoms with Crippen molar-refractivity contribution in [2.45, 2.75) is 20.4 Å². The number of benzene rings is 1. The number of imidazole rings is 1. The summed E-state index contributed by atoms with van der Waals surface area (Å²) in [5.74, 6) is 0. The number of aromatic amines is 1. The third-order valence-corrected chi connectivity index (χ3v) is 3.05. The van der Waals surface area contributed by atoms with Crippen molar-refractivity contribution in [2.75, 3.05) is 14.1 Å². The van der Waals surface area contributed by atoms with Crippen LogP contribution in [-0.2, 0) is 6.54 Å². The molecule has 2 amide bonds. The summed E-state index contributed by atoms with van der Waals surface area (Å²) in [6.45, 7) is 4.59. The zero-order valence-corrected chi connectivity index (χ0v) is 11.2. The largest absolute Gasteiger partial charge is 0.344 e. The van der Waals surface area contributed by atoms with Crippen molar-refractivity contribution in [2.24, 2.45) is 0 Å². The SMILES string of the molecule is Cc1cc(C)c2nc[nH]c2c1CNC(=O)N(C)C. The summed E-state index contributed by atoms with van der Waals surface area (Å²) in [4.78, 5) is 20.5. The number of carbonyl (C=O) groups is 1. The molecule has 0 bridgehead atoms. The number of hydrogen-bond acceptors (Lipinski definition) is 2. The lowest BCUT2D eigenvalue weighted by atomic mass is 10.0. The van der Waals surface area contributed by atoms with E-state index in [2.05, 4.69) is 21.4 Å². The van der Waals surface area contributed by atoms with Crippen LogP contribution >= 0.6 is 0 Å². The van der Waals surface area contributed by atoms with Gasteiger partial charge in [-0.3, -0.25) is 0 Å². The molecule has 1 aromatic carbocycles. The molecule has 2 N–H and O–H groups in total. The fourth-order valence-corrected chi connectivity index (χ4v) is 2.05. The molecule has 2 aromatic rings. The molecule has 1 heterocycles. The highest BCUT2D eigenvalue weighted by Crippen LogP contribution is 2.22. The van der Waals surface area contributed by atoms with Gasteiger partial charge in [0.05, 0.1) is 17.4 Å². The molecule has 5 nitrogen and oxygen atoms in total. The van der Waals surface area contributed by atoms with Gasteiger partial charge in [0.1, 0.15) is 0 Å².